The Morgan fingerprint density at radius 2 is 1.07 bits per heavy atom. The van der Waals surface area contributed by atoms with Gasteiger partial charge in [0.05, 0.1) is 72.1 Å². The first-order valence-electron chi connectivity index (χ1n) is 24.4. The topological polar surface area (TPSA) is 306 Å². The van der Waals surface area contributed by atoms with E-state index in [1.807, 2.05) is 30.5 Å². The lowest BCUT2D eigenvalue weighted by atomic mass is 10.2. The first-order chi connectivity index (χ1) is 38.9. The zero-order valence-corrected chi connectivity index (χ0v) is 48.4. The van der Waals surface area contributed by atoms with Gasteiger partial charge in [0.25, 0.3) is 0 Å². The average molecular weight is 1230 g/mol. The third-order valence-electron chi connectivity index (χ3n) is 11.4. The Labute approximate surface area is 492 Å². The summed E-state index contributed by atoms with van der Waals surface area (Å²) in [7, 11) is 3.15. The van der Waals surface area contributed by atoms with Crippen LogP contribution in [0.1, 0.15) is 35.1 Å². The molecule has 2 aromatic heterocycles. The molecule has 0 atom stereocenters. The number of halogens is 4. The molecular weight excluding hydrogens is 1170 g/mol. The van der Waals surface area contributed by atoms with Crippen molar-refractivity contribution in [2.45, 2.75) is 39.0 Å². The molecule has 81 heavy (non-hydrogen) atoms. The predicted molar refractivity (Wildman–Crippen MR) is 319 cm³/mol. The van der Waals surface area contributed by atoms with E-state index in [4.69, 9.17) is 61.6 Å². The van der Waals surface area contributed by atoms with Gasteiger partial charge in [-0.3, -0.25) is 28.8 Å². The highest BCUT2D eigenvalue weighted by Crippen LogP contribution is 2.24. The van der Waals surface area contributed by atoms with Crippen LogP contribution in [0.25, 0.3) is 0 Å². The Bertz CT molecular complexity index is 3550. The summed E-state index contributed by atoms with van der Waals surface area (Å²) < 4.78 is 15.2. The molecule has 4 aromatic carbocycles. The number of ether oxygens (including phenoxy) is 2. The van der Waals surface area contributed by atoms with E-state index < -0.39 is 22.8 Å². The Balaban J connectivity index is 0.000000209. The Kier molecular flexibility index (Phi) is 23.8. The van der Waals surface area contributed by atoms with Crippen molar-refractivity contribution in [2.75, 3.05) is 70.4 Å². The summed E-state index contributed by atoms with van der Waals surface area (Å²) in [5.74, 6) is 1.84. The highest BCUT2D eigenvalue weighted by atomic mass is 35.5. The molecule has 0 bridgehead atoms. The van der Waals surface area contributed by atoms with Gasteiger partial charge in [-0.15, -0.1) is 11.8 Å². The number of anilines is 2. The molecule has 1 fully saturated rings. The number of thiocarbonyl (C=S) groups is 1. The smallest absolute Gasteiger partial charge is 0.355 e. The van der Waals surface area contributed by atoms with Crippen LogP contribution in [-0.2, 0) is 40.6 Å². The molecule has 0 saturated carbocycles. The molecule has 6 aromatic rings. The number of nitrogens with one attached hydrogen (secondary N) is 6. The number of nitrogens with zero attached hydrogens (tertiary/aromatic N) is 8. The molecule has 9 rings (SSSR count). The van der Waals surface area contributed by atoms with E-state index >= 15 is 0 Å². The van der Waals surface area contributed by atoms with Crippen molar-refractivity contribution in [3.63, 3.8) is 0 Å². The number of carbonyl (C=O) groups is 3. The number of aromatic nitrogens is 6. The largest absolute Gasteiger partial charge is 0.497 e. The van der Waals surface area contributed by atoms with Gasteiger partial charge in [-0.2, -0.15) is 9.97 Å². The van der Waals surface area contributed by atoms with E-state index in [2.05, 4.69) is 64.1 Å². The Morgan fingerprint density at radius 3 is 1.43 bits per heavy atom. The fourth-order valence-electron chi connectivity index (χ4n) is 7.34. The number of nitrogens with two attached hydrogens (primary N) is 1. The minimum absolute atomic E-state index is 0.0152. The molecule has 30 heteroatoms. The van der Waals surface area contributed by atoms with Crippen LogP contribution in [0.4, 0.5) is 11.9 Å². The second kappa shape index (κ2) is 30.8. The van der Waals surface area contributed by atoms with Crippen LogP contribution < -0.4 is 69.9 Å². The van der Waals surface area contributed by atoms with Crippen LogP contribution in [0.2, 0.25) is 20.1 Å². The molecule has 0 spiro atoms. The predicted octanol–water partition coefficient (Wildman–Crippen LogP) is 3.55. The number of benzene rings is 4. The van der Waals surface area contributed by atoms with Crippen LogP contribution >= 0.6 is 70.4 Å². The number of carbonyl (C=O) groups excluding carboxylic acids is 3. The third kappa shape index (κ3) is 18.7. The summed E-state index contributed by atoms with van der Waals surface area (Å²) in [4.78, 5) is 99.8. The molecule has 3 amide bonds. The molecule has 3 aliphatic rings. The maximum absolute atomic E-state index is 13.5. The van der Waals surface area contributed by atoms with E-state index in [-0.39, 0.29) is 62.3 Å². The molecule has 0 aliphatic carbocycles. The van der Waals surface area contributed by atoms with Crippen molar-refractivity contribution in [3.05, 3.63) is 169 Å². The van der Waals surface area contributed by atoms with Gasteiger partial charge < -0.3 is 41.8 Å². The monoisotopic (exact) mass is 1230 g/mol. The van der Waals surface area contributed by atoms with Crippen molar-refractivity contribution in [1.82, 2.24) is 49.5 Å². The molecule has 0 unspecified atom stereocenters. The first-order valence-corrected chi connectivity index (χ1v) is 27.6. The second-order valence-electron chi connectivity index (χ2n) is 17.2. The number of amides is 3. The van der Waals surface area contributed by atoms with Gasteiger partial charge in [-0.1, -0.05) is 82.8 Å². The van der Waals surface area contributed by atoms with Crippen LogP contribution in [0.5, 0.6) is 11.5 Å². The van der Waals surface area contributed by atoms with E-state index in [0.717, 1.165) is 31.7 Å². The molecule has 0 radical (unpaired) electrons. The number of thioether (sulfide) groups is 1. The lowest BCUT2D eigenvalue weighted by Gasteiger charge is -2.16. The highest BCUT2D eigenvalue weighted by Gasteiger charge is 2.18. The SMILES string of the molecule is COc1ccc(Cn2c(NCCN)nc(=O)n(Cc3ccc(Cl)c(Cl)c3)c2=O)cc1.COc1ccc(Cn2c(NCCNC3=NCC(=O)N3)nc(=O)n(Cc3ccc(Cl)c(Cl)c3)c2=O)cc1.CSC1=NC(=O)CC1.O=C1CNC(=S)N1. The number of hydrogen-bond acceptors (Lipinski definition) is 18. The molecule has 8 N–H and O–H groups in total. The normalized spacial score (nSPS) is 13.2. The Hall–Kier alpha value is -7.59. The lowest BCUT2D eigenvalue weighted by Crippen LogP contribution is -2.44. The molecule has 428 valence electrons. The maximum Gasteiger partial charge on any atom is 0.355 e. The van der Waals surface area contributed by atoms with Gasteiger partial charge in [0, 0.05) is 39.0 Å². The van der Waals surface area contributed by atoms with E-state index in [0.29, 0.717) is 92.9 Å². The Morgan fingerprint density at radius 1 is 0.605 bits per heavy atom. The third-order valence-corrected chi connectivity index (χ3v) is 13.9. The summed E-state index contributed by atoms with van der Waals surface area (Å²) in [5, 5.41) is 19.4. The minimum atomic E-state index is -0.708. The van der Waals surface area contributed by atoms with Gasteiger partial charge >= 0.3 is 22.8 Å². The van der Waals surface area contributed by atoms with Crippen molar-refractivity contribution in [3.8, 4) is 11.5 Å². The number of guanidine groups is 1. The first kappa shape index (κ1) is 62.6. The van der Waals surface area contributed by atoms with Crippen LogP contribution in [0.3, 0.4) is 0 Å². The summed E-state index contributed by atoms with van der Waals surface area (Å²) in [6.07, 6.45) is 3.42. The fraction of sp³-hybridized carbons (Fsp3) is 0.294. The van der Waals surface area contributed by atoms with Gasteiger partial charge in [0.1, 0.15) is 18.0 Å². The van der Waals surface area contributed by atoms with Crippen molar-refractivity contribution in [1.29, 1.82) is 0 Å². The van der Waals surface area contributed by atoms with Crippen molar-refractivity contribution in [2.24, 2.45) is 15.7 Å². The zero-order chi connectivity index (χ0) is 58.6. The van der Waals surface area contributed by atoms with Crippen molar-refractivity contribution < 1.29 is 23.9 Å². The molecule has 5 heterocycles. The average Bonchev–Trinajstić information content (AvgIpc) is 4.21. The second-order valence-corrected chi connectivity index (χ2v) is 20.1. The fourth-order valence-corrected chi connectivity index (χ4v) is 8.67. The van der Waals surface area contributed by atoms with Crippen LogP contribution in [-0.4, -0.2) is 122 Å². The number of methoxy groups -OCH3 is 2. The standard InChI is InChI=1S/C23H23Cl2N7O4.C20H21Cl2N5O3.C5H7NOS.C3H4N2OS/c1-36-16-5-2-14(3-6-16)12-31-21(27-9-8-26-20-28-11-19(33)29-20)30-22(34)32(23(31)35)13-15-4-7-17(24)18(25)10-15;1-30-15-5-2-13(3-6-15)11-26-18(24-9-8-23)25-19(28)27(20(26)29)12-14-4-7-16(21)17(22)10-14;1-8-5-3-2-4(7)6-5;6-2-1-4-3(7)5-2/h2-7,10H,8-9,11-13H2,1H3,(H,27,30,34)(H2,26,28,29,33);2-7,10H,8-9,11-12,23H2,1H3,(H,24,25,28);2-3H2,1H3;1H2,(H2,4,5,6,7). The summed E-state index contributed by atoms with van der Waals surface area (Å²) in [6, 6.07) is 24.3. The molecular formula is C51H55Cl4N15O9S2. The number of rotatable bonds is 17. The molecule has 3 aliphatic heterocycles. The summed E-state index contributed by atoms with van der Waals surface area (Å²) in [5.41, 5.74) is 6.06. The molecule has 1 saturated heterocycles. The number of aliphatic imine (C=N–C) groups is 2. The van der Waals surface area contributed by atoms with Gasteiger partial charge in [0.15, 0.2) is 11.1 Å². The van der Waals surface area contributed by atoms with Crippen LogP contribution in [0.15, 0.2) is 114 Å². The van der Waals surface area contributed by atoms with Gasteiger partial charge in [0.2, 0.25) is 29.6 Å². The maximum atomic E-state index is 13.5. The van der Waals surface area contributed by atoms with E-state index in [1.54, 1.807) is 86.6 Å². The lowest BCUT2D eigenvalue weighted by molar-refractivity contribution is -0.118. The highest BCUT2D eigenvalue weighted by molar-refractivity contribution is 8.13. The van der Waals surface area contributed by atoms with Crippen molar-refractivity contribution >= 4 is 116 Å². The van der Waals surface area contributed by atoms with Gasteiger partial charge in [-0.05, 0) is 89.3 Å². The molecule has 24 nitrogen and oxygen atoms in total. The van der Waals surface area contributed by atoms with Crippen LogP contribution in [0, 0.1) is 0 Å². The summed E-state index contributed by atoms with van der Waals surface area (Å²) >= 11 is 30.2. The minimum Gasteiger partial charge on any atom is -0.497 e. The van der Waals surface area contributed by atoms with Gasteiger partial charge in [-0.25, -0.2) is 38.3 Å². The zero-order valence-electron chi connectivity index (χ0n) is 43.7. The van der Waals surface area contributed by atoms with E-state index in [1.165, 1.54) is 9.13 Å². The number of hydrogen-bond donors (Lipinski definition) is 7. The quantitative estimate of drug-likeness (QED) is 0.0507. The van der Waals surface area contributed by atoms with E-state index in [9.17, 15) is 33.6 Å². The summed E-state index contributed by atoms with van der Waals surface area (Å²) in [6.45, 7) is 2.14.